The lowest BCUT2D eigenvalue weighted by Crippen LogP contribution is -2.34. The normalized spacial score (nSPS) is 17.1. The van der Waals surface area contributed by atoms with Crippen molar-refractivity contribution in [3.63, 3.8) is 0 Å². The predicted molar refractivity (Wildman–Crippen MR) is 120 cm³/mol. The van der Waals surface area contributed by atoms with Gasteiger partial charge in [-0.05, 0) is 31.4 Å². The van der Waals surface area contributed by atoms with Crippen molar-refractivity contribution in [1.29, 1.82) is 0 Å². The van der Waals surface area contributed by atoms with Gasteiger partial charge < -0.3 is 20.5 Å². The molecule has 0 aliphatic carbocycles. The summed E-state index contributed by atoms with van der Waals surface area (Å²) >= 11 is 6.24. The third-order valence-electron chi connectivity index (χ3n) is 5.67. The Labute approximate surface area is 193 Å². The minimum atomic E-state index is -0.494. The number of carbonyl (C=O) groups excluding carboxylic acids is 1. The van der Waals surface area contributed by atoms with Crippen molar-refractivity contribution in [3.05, 3.63) is 57.5 Å². The summed E-state index contributed by atoms with van der Waals surface area (Å²) in [5, 5.41) is 3.21. The van der Waals surface area contributed by atoms with E-state index in [-0.39, 0.29) is 33.3 Å². The monoisotopic (exact) mass is 468 g/mol. The van der Waals surface area contributed by atoms with E-state index in [1.165, 1.54) is 18.5 Å². The third kappa shape index (κ3) is 3.97. The van der Waals surface area contributed by atoms with E-state index in [4.69, 9.17) is 31.8 Å². The molecule has 1 atom stereocenters. The van der Waals surface area contributed by atoms with Crippen LogP contribution < -0.4 is 26.1 Å². The van der Waals surface area contributed by atoms with Crippen molar-refractivity contribution in [3.8, 4) is 22.9 Å². The second-order valence-electron chi connectivity index (χ2n) is 7.78. The molecule has 2 aliphatic rings. The topological polar surface area (TPSA) is 134 Å². The number of carbonyl (C=O) groups is 1. The van der Waals surface area contributed by atoms with Crippen LogP contribution in [0.2, 0.25) is 5.02 Å². The van der Waals surface area contributed by atoms with Crippen molar-refractivity contribution >= 4 is 23.2 Å². The van der Waals surface area contributed by atoms with Crippen LogP contribution in [0.25, 0.3) is 11.4 Å². The number of nitrogen functional groups attached to an aromatic ring is 1. The Kier molecular flexibility index (Phi) is 5.59. The van der Waals surface area contributed by atoms with Crippen LogP contribution in [-0.4, -0.2) is 38.6 Å². The molecule has 0 fully saturated rings. The Morgan fingerprint density at radius 1 is 1.18 bits per heavy atom. The molecule has 0 bridgehead atoms. The van der Waals surface area contributed by atoms with Crippen molar-refractivity contribution in [1.82, 2.24) is 24.8 Å². The molecule has 2 aromatic heterocycles. The van der Waals surface area contributed by atoms with E-state index in [0.717, 1.165) is 12.8 Å². The number of nitrogens with zero attached hydrogens (tertiary/aromatic N) is 4. The van der Waals surface area contributed by atoms with Crippen LogP contribution in [0, 0.1) is 0 Å². The zero-order valence-electron chi connectivity index (χ0n) is 17.6. The van der Waals surface area contributed by atoms with Crippen LogP contribution >= 0.6 is 11.6 Å². The fraction of sp³-hybridized carbons (Fsp3) is 0.318. The van der Waals surface area contributed by atoms with E-state index < -0.39 is 11.9 Å². The average molecular weight is 469 g/mol. The van der Waals surface area contributed by atoms with Crippen molar-refractivity contribution < 1.29 is 14.3 Å². The highest BCUT2D eigenvalue weighted by Gasteiger charge is 2.29. The van der Waals surface area contributed by atoms with Gasteiger partial charge in [-0.3, -0.25) is 14.2 Å². The van der Waals surface area contributed by atoms with Crippen LogP contribution in [0.1, 0.15) is 41.5 Å². The van der Waals surface area contributed by atoms with Gasteiger partial charge in [0.1, 0.15) is 25.4 Å². The van der Waals surface area contributed by atoms with E-state index in [9.17, 15) is 9.59 Å². The molecular weight excluding hydrogens is 448 g/mol. The molecule has 170 valence electrons. The number of nitrogens with one attached hydrogen (secondary N) is 1. The van der Waals surface area contributed by atoms with Crippen LogP contribution in [0.5, 0.6) is 11.5 Å². The first-order valence-corrected chi connectivity index (χ1v) is 11.0. The predicted octanol–water partition coefficient (Wildman–Crippen LogP) is 2.36. The van der Waals surface area contributed by atoms with Gasteiger partial charge in [0.05, 0.1) is 33.7 Å². The minimum absolute atomic E-state index is 0.195. The number of hydrogen-bond donors (Lipinski definition) is 2. The minimum Gasteiger partial charge on any atom is -0.485 e. The van der Waals surface area contributed by atoms with Gasteiger partial charge in [-0.2, -0.15) is 0 Å². The zero-order chi connectivity index (χ0) is 22.9. The summed E-state index contributed by atoms with van der Waals surface area (Å²) in [6.45, 7) is 1.13. The largest absolute Gasteiger partial charge is 0.485 e. The van der Waals surface area contributed by atoms with E-state index >= 15 is 0 Å². The molecule has 10 nitrogen and oxygen atoms in total. The van der Waals surface area contributed by atoms with Gasteiger partial charge in [-0.1, -0.05) is 11.6 Å². The lowest BCUT2D eigenvalue weighted by molar-refractivity contribution is 0.0921. The molecule has 0 radical (unpaired) electrons. The second-order valence-corrected chi connectivity index (χ2v) is 8.19. The Morgan fingerprint density at radius 3 is 2.79 bits per heavy atom. The lowest BCUT2D eigenvalue weighted by Gasteiger charge is -2.24. The number of amides is 1. The third-order valence-corrected chi connectivity index (χ3v) is 5.98. The lowest BCUT2D eigenvalue weighted by atomic mass is 10.1. The summed E-state index contributed by atoms with van der Waals surface area (Å²) in [6, 6.07) is 4.11. The van der Waals surface area contributed by atoms with E-state index in [1.807, 2.05) is 0 Å². The Hall–Kier alpha value is -3.66. The fourth-order valence-electron chi connectivity index (χ4n) is 4.07. The van der Waals surface area contributed by atoms with Gasteiger partial charge >= 0.3 is 0 Å². The number of fused-ring (bicyclic) bond motifs is 2. The van der Waals surface area contributed by atoms with Crippen LogP contribution in [0.3, 0.4) is 0 Å². The maximum Gasteiger partial charge on any atom is 0.255 e. The first-order chi connectivity index (χ1) is 16.0. The molecule has 33 heavy (non-hydrogen) atoms. The maximum absolute atomic E-state index is 13.3. The van der Waals surface area contributed by atoms with Gasteiger partial charge in [-0.15, -0.1) is 0 Å². The quantitative estimate of drug-likeness (QED) is 0.559. The number of rotatable bonds is 3. The van der Waals surface area contributed by atoms with Gasteiger partial charge in [-0.25, -0.2) is 15.0 Å². The summed E-state index contributed by atoms with van der Waals surface area (Å²) in [4.78, 5) is 39.0. The number of anilines is 1. The summed E-state index contributed by atoms with van der Waals surface area (Å²) in [6.07, 6.45) is 5.22. The summed E-state index contributed by atoms with van der Waals surface area (Å²) in [5.41, 5.74) is 7.21. The fourth-order valence-corrected chi connectivity index (χ4v) is 4.27. The molecule has 1 unspecified atom stereocenters. The molecule has 2 aliphatic heterocycles. The summed E-state index contributed by atoms with van der Waals surface area (Å²) in [5.74, 6) is 0.586. The van der Waals surface area contributed by atoms with Crippen LogP contribution in [-0.2, 0) is 6.54 Å². The van der Waals surface area contributed by atoms with Crippen molar-refractivity contribution in [2.75, 3.05) is 18.9 Å². The molecule has 0 saturated heterocycles. The molecule has 4 heterocycles. The van der Waals surface area contributed by atoms with Crippen molar-refractivity contribution in [2.45, 2.75) is 31.8 Å². The number of hydrogen-bond acceptors (Lipinski definition) is 8. The number of aromatic nitrogens is 4. The molecule has 3 N–H and O–H groups in total. The van der Waals surface area contributed by atoms with Gasteiger partial charge in [0.25, 0.3) is 11.5 Å². The van der Waals surface area contributed by atoms with Crippen LogP contribution in [0.15, 0.2) is 35.5 Å². The van der Waals surface area contributed by atoms with Gasteiger partial charge in [0.15, 0.2) is 11.5 Å². The standard InChI is InChI=1S/C22H21ClN6O4/c23-13-9-12(19-20(18(13)24)33-8-7-32-19)22(31)28-15-3-1-2-6-29-17(30)10-16(27-21(15)29)14-4-5-25-11-26-14/h4-5,9-11,15H,1-3,6-8,24H2,(H,28,31). The number of benzene rings is 1. The molecule has 5 rings (SSSR count). The highest BCUT2D eigenvalue weighted by Crippen LogP contribution is 2.43. The van der Waals surface area contributed by atoms with Crippen molar-refractivity contribution in [2.24, 2.45) is 0 Å². The molecule has 0 spiro atoms. The Morgan fingerprint density at radius 2 is 2.00 bits per heavy atom. The number of halogens is 1. The van der Waals surface area contributed by atoms with E-state index in [0.29, 0.717) is 43.4 Å². The zero-order valence-corrected chi connectivity index (χ0v) is 18.3. The first-order valence-electron chi connectivity index (χ1n) is 10.6. The smallest absolute Gasteiger partial charge is 0.255 e. The summed E-state index contributed by atoms with van der Waals surface area (Å²) in [7, 11) is 0. The molecular formula is C22H21ClN6O4. The molecule has 1 aromatic carbocycles. The first kappa shape index (κ1) is 21.2. The Balaban J connectivity index is 1.53. The van der Waals surface area contributed by atoms with Gasteiger partial charge in [0, 0.05) is 18.8 Å². The molecule has 3 aromatic rings. The number of nitrogens with two attached hydrogens (primary N) is 1. The van der Waals surface area contributed by atoms with Crippen LogP contribution in [0.4, 0.5) is 5.69 Å². The van der Waals surface area contributed by atoms with Gasteiger partial charge in [0.2, 0.25) is 0 Å². The second kappa shape index (κ2) is 8.70. The number of ether oxygens (including phenoxy) is 2. The molecule has 0 saturated carbocycles. The maximum atomic E-state index is 13.3. The van der Waals surface area contributed by atoms with E-state index in [1.54, 1.807) is 16.8 Å². The SMILES string of the molecule is Nc1c(Cl)cc(C(=O)NC2CCCCn3c2nc(-c2ccncn2)cc3=O)c2c1OCCO2. The highest BCUT2D eigenvalue weighted by atomic mass is 35.5. The summed E-state index contributed by atoms with van der Waals surface area (Å²) < 4.78 is 12.9. The molecule has 11 heteroatoms. The Bertz CT molecular complexity index is 1280. The highest BCUT2D eigenvalue weighted by molar-refractivity contribution is 6.34. The average Bonchev–Trinajstić information content (AvgIpc) is 3.04. The van der Waals surface area contributed by atoms with E-state index in [2.05, 4.69) is 15.3 Å². The molecule has 1 amide bonds.